The largest absolute Gasteiger partial charge is 0.0813 e. The second-order valence-electron chi connectivity index (χ2n) is 2.05. The third-order valence-corrected chi connectivity index (χ3v) is 1.09. The lowest BCUT2D eigenvalue weighted by Gasteiger charge is -1.82. The molecule has 0 N–H and O–H groups in total. The predicted octanol–water partition coefficient (Wildman–Crippen LogP) is 3.21. The van der Waals surface area contributed by atoms with Crippen LogP contribution in [0.5, 0.6) is 0 Å². The van der Waals surface area contributed by atoms with Crippen LogP contribution in [0.25, 0.3) is 0 Å². The standard InChI is InChI=1S/C11H13/c1-4-6-7-8-9-10-11(3)5-2/h4-5,8-10H,2H2,1,3H3/b8-4?,10-9-,11-5-. The third-order valence-electron chi connectivity index (χ3n) is 1.09. The molecule has 0 unspecified atom stereocenters. The van der Waals surface area contributed by atoms with E-state index in [2.05, 4.69) is 18.4 Å². The molecule has 0 heterocycles. The molecule has 1 radical (unpaired) electrons. The summed E-state index contributed by atoms with van der Waals surface area (Å²) >= 11 is 0. The molecule has 0 aliphatic rings. The smallest absolute Gasteiger partial charge is 0.0115 e. The van der Waals surface area contributed by atoms with Gasteiger partial charge in [0.2, 0.25) is 0 Å². The van der Waals surface area contributed by atoms with E-state index in [4.69, 9.17) is 0 Å². The molecule has 0 aromatic heterocycles. The van der Waals surface area contributed by atoms with Crippen LogP contribution in [0.4, 0.5) is 0 Å². The van der Waals surface area contributed by atoms with E-state index >= 15 is 0 Å². The normalized spacial score (nSPS) is 10.6. The van der Waals surface area contributed by atoms with Crippen LogP contribution in [-0.2, 0) is 0 Å². The summed E-state index contributed by atoms with van der Waals surface area (Å²) in [5.41, 5.74) is 6.81. The van der Waals surface area contributed by atoms with Crippen molar-refractivity contribution in [1.82, 2.24) is 0 Å². The van der Waals surface area contributed by atoms with Crippen LogP contribution in [-0.4, -0.2) is 0 Å². The van der Waals surface area contributed by atoms with E-state index in [9.17, 15) is 0 Å². The summed E-state index contributed by atoms with van der Waals surface area (Å²) in [6.45, 7) is 7.54. The number of rotatable bonds is 2. The minimum Gasteiger partial charge on any atom is -0.0813 e. The summed E-state index contributed by atoms with van der Waals surface area (Å²) in [5.74, 6) is 0. The molecule has 0 aromatic carbocycles. The molecule has 0 amide bonds. The highest BCUT2D eigenvalue weighted by atomic mass is 13.8. The lowest BCUT2D eigenvalue weighted by atomic mass is 10.2. The molecule has 0 aromatic rings. The van der Waals surface area contributed by atoms with Crippen molar-refractivity contribution in [1.29, 1.82) is 0 Å². The zero-order valence-corrected chi connectivity index (χ0v) is 7.09. The van der Waals surface area contributed by atoms with Gasteiger partial charge >= 0.3 is 0 Å². The molecule has 11 heavy (non-hydrogen) atoms. The summed E-state index contributed by atoms with van der Waals surface area (Å²) in [7, 11) is 0. The van der Waals surface area contributed by atoms with Gasteiger partial charge < -0.3 is 0 Å². The Morgan fingerprint density at radius 2 is 2.09 bits per heavy atom. The van der Waals surface area contributed by atoms with Crippen LogP contribution < -0.4 is 0 Å². The number of allylic oxidation sites excluding steroid dienone is 6. The summed E-state index contributed by atoms with van der Waals surface area (Å²) in [5, 5.41) is 0. The fraction of sp³-hybridized carbons (Fsp3) is 0.182. The van der Waals surface area contributed by atoms with E-state index in [1.54, 1.807) is 0 Å². The summed E-state index contributed by atoms with van der Waals surface area (Å²) in [6.07, 6.45) is 9.32. The van der Waals surface area contributed by atoms with Crippen molar-refractivity contribution < 1.29 is 0 Å². The van der Waals surface area contributed by atoms with Gasteiger partial charge in [-0.2, -0.15) is 0 Å². The molecule has 0 spiro atoms. The summed E-state index contributed by atoms with van der Waals surface area (Å²) < 4.78 is 0. The fourth-order valence-electron chi connectivity index (χ4n) is 0.447. The Bertz CT molecular complexity index is 239. The second kappa shape index (κ2) is 6.89. The Kier molecular flexibility index (Phi) is 6.13. The van der Waals surface area contributed by atoms with Gasteiger partial charge in [-0.15, -0.1) is 0 Å². The average Bonchev–Trinajstić information content (AvgIpc) is 2.04. The highest BCUT2D eigenvalue weighted by Crippen LogP contribution is 1.92. The Morgan fingerprint density at radius 3 is 2.64 bits per heavy atom. The first-order chi connectivity index (χ1) is 5.31. The fourth-order valence-corrected chi connectivity index (χ4v) is 0.447. The van der Waals surface area contributed by atoms with Crippen molar-refractivity contribution in [2.45, 2.75) is 13.8 Å². The molecular weight excluding hydrogens is 132 g/mol. The highest BCUT2D eigenvalue weighted by Gasteiger charge is 1.71. The maximum Gasteiger partial charge on any atom is -0.0115 e. The van der Waals surface area contributed by atoms with Gasteiger partial charge in [-0.25, -0.2) is 0 Å². The lowest BCUT2D eigenvalue weighted by Crippen LogP contribution is -1.61. The van der Waals surface area contributed by atoms with Crippen molar-refractivity contribution in [2.75, 3.05) is 0 Å². The maximum absolute atomic E-state index is 3.63. The van der Waals surface area contributed by atoms with Gasteiger partial charge in [-0.1, -0.05) is 35.3 Å². The van der Waals surface area contributed by atoms with Crippen LogP contribution in [0, 0.1) is 6.92 Å². The van der Waals surface area contributed by atoms with Gasteiger partial charge in [-0.05, 0) is 32.9 Å². The van der Waals surface area contributed by atoms with Crippen LogP contribution in [0.15, 0.2) is 47.4 Å². The lowest BCUT2D eigenvalue weighted by molar-refractivity contribution is 1.52. The number of hydrogen-bond acceptors (Lipinski definition) is 0. The van der Waals surface area contributed by atoms with E-state index in [0.29, 0.717) is 0 Å². The third kappa shape index (κ3) is 6.67. The van der Waals surface area contributed by atoms with Crippen LogP contribution in [0.1, 0.15) is 13.8 Å². The summed E-state index contributed by atoms with van der Waals surface area (Å²) in [4.78, 5) is 0. The van der Waals surface area contributed by atoms with Gasteiger partial charge in [-0.3, -0.25) is 0 Å². The minimum absolute atomic E-state index is 1.14. The Morgan fingerprint density at radius 1 is 1.36 bits per heavy atom. The van der Waals surface area contributed by atoms with E-state index in [1.807, 2.05) is 44.2 Å². The molecule has 0 nitrogen and oxygen atoms in total. The van der Waals surface area contributed by atoms with Crippen molar-refractivity contribution in [3.8, 4) is 0 Å². The van der Waals surface area contributed by atoms with Crippen LogP contribution in [0.2, 0.25) is 0 Å². The van der Waals surface area contributed by atoms with Crippen LogP contribution in [0.3, 0.4) is 0 Å². The van der Waals surface area contributed by atoms with Gasteiger partial charge in [0, 0.05) is 0 Å². The van der Waals surface area contributed by atoms with E-state index < -0.39 is 0 Å². The molecule has 0 bridgehead atoms. The topological polar surface area (TPSA) is 0 Å². The first-order valence-corrected chi connectivity index (χ1v) is 3.56. The molecule has 0 saturated carbocycles. The molecule has 0 atom stereocenters. The zero-order chi connectivity index (χ0) is 8.53. The second-order valence-corrected chi connectivity index (χ2v) is 2.05. The van der Waals surface area contributed by atoms with Crippen molar-refractivity contribution in [2.24, 2.45) is 0 Å². The number of hydrogen-bond donors (Lipinski definition) is 0. The molecule has 0 aliphatic heterocycles. The minimum atomic E-state index is 1.14. The Balaban J connectivity index is 4.08. The van der Waals surface area contributed by atoms with E-state index in [1.165, 1.54) is 0 Å². The van der Waals surface area contributed by atoms with Gasteiger partial charge in [0.25, 0.3) is 0 Å². The summed E-state index contributed by atoms with van der Waals surface area (Å²) in [6, 6.07) is 0. The maximum atomic E-state index is 3.63. The van der Waals surface area contributed by atoms with Crippen molar-refractivity contribution in [3.05, 3.63) is 54.3 Å². The molecule has 57 valence electrons. The first kappa shape index (κ1) is 9.78. The van der Waals surface area contributed by atoms with Gasteiger partial charge in [0.15, 0.2) is 0 Å². The molecule has 0 heteroatoms. The monoisotopic (exact) mass is 145 g/mol. The van der Waals surface area contributed by atoms with Crippen molar-refractivity contribution in [3.63, 3.8) is 0 Å². The predicted molar refractivity (Wildman–Crippen MR) is 50.1 cm³/mol. The molecule has 0 rings (SSSR count). The molecular formula is C11H13. The van der Waals surface area contributed by atoms with Crippen molar-refractivity contribution >= 4 is 0 Å². The van der Waals surface area contributed by atoms with Gasteiger partial charge in [0.05, 0.1) is 0 Å². The Hall–Kier alpha value is -1.22. The molecule has 0 fully saturated rings. The van der Waals surface area contributed by atoms with Crippen LogP contribution >= 0.6 is 0 Å². The zero-order valence-electron chi connectivity index (χ0n) is 7.09. The van der Waals surface area contributed by atoms with E-state index in [-0.39, 0.29) is 0 Å². The molecule has 0 aliphatic carbocycles. The van der Waals surface area contributed by atoms with Gasteiger partial charge in [0.1, 0.15) is 0 Å². The average molecular weight is 145 g/mol. The first-order valence-electron chi connectivity index (χ1n) is 3.56. The van der Waals surface area contributed by atoms with E-state index in [0.717, 1.165) is 5.57 Å². The Labute approximate surface area is 68.9 Å². The SMILES string of the molecule is [CH2]/C=C(C)\C=C/C=C=C=CC. The quantitative estimate of drug-likeness (QED) is 0.413. The highest BCUT2D eigenvalue weighted by molar-refractivity contribution is 5.20. The molecule has 0 saturated heterocycles.